The van der Waals surface area contributed by atoms with Crippen LogP contribution in [0.5, 0.6) is 0 Å². The van der Waals surface area contributed by atoms with Crippen LogP contribution in [-0.2, 0) is 22.6 Å². The second-order valence-corrected chi connectivity index (χ2v) is 7.37. The summed E-state index contributed by atoms with van der Waals surface area (Å²) in [5, 5.41) is 14.2. The van der Waals surface area contributed by atoms with Crippen molar-refractivity contribution >= 4 is 23.0 Å². The molecule has 4 N–H and O–H groups in total. The van der Waals surface area contributed by atoms with Gasteiger partial charge in [-0.25, -0.2) is 27.7 Å². The van der Waals surface area contributed by atoms with E-state index in [0.29, 0.717) is 19.0 Å². The summed E-state index contributed by atoms with van der Waals surface area (Å²) >= 11 is 0. The number of alkyl halides is 6. The van der Waals surface area contributed by atoms with Gasteiger partial charge in [-0.05, 0) is 17.7 Å². The molecule has 2 aromatic heterocycles. The van der Waals surface area contributed by atoms with Crippen LogP contribution in [0.4, 0.5) is 39.5 Å². The second kappa shape index (κ2) is 11.0. The maximum Gasteiger partial charge on any atom is 0.490 e. The maximum absolute atomic E-state index is 14.1. The second-order valence-electron chi connectivity index (χ2n) is 7.37. The molecule has 37 heavy (non-hydrogen) atoms. The van der Waals surface area contributed by atoms with Crippen LogP contribution in [-0.4, -0.2) is 55.1 Å². The molecule has 0 radical (unpaired) electrons. The minimum Gasteiger partial charge on any atom is -0.475 e. The Morgan fingerprint density at radius 2 is 1.46 bits per heavy atom. The summed E-state index contributed by atoms with van der Waals surface area (Å²) in [6.07, 6.45) is -6.49. The third-order valence-electron chi connectivity index (χ3n) is 4.87. The zero-order valence-electron chi connectivity index (χ0n) is 18.0. The molecule has 1 aromatic carbocycles. The van der Waals surface area contributed by atoms with Crippen molar-refractivity contribution in [2.45, 2.75) is 37.3 Å². The van der Waals surface area contributed by atoms with Crippen LogP contribution >= 0.6 is 0 Å². The van der Waals surface area contributed by atoms with E-state index in [2.05, 4.69) is 9.97 Å². The SMILES string of the molecule is N[C@H]1Cn2c(nc3cnccc32)C[C@@H]1c1cc(F)c(F)cc1F.O=C(O)C(F)(F)F.O=C(O)C(F)(F)F. The molecule has 17 heteroatoms. The van der Waals surface area contributed by atoms with Gasteiger partial charge in [0.05, 0.1) is 11.7 Å². The van der Waals surface area contributed by atoms with E-state index in [-0.39, 0.29) is 5.56 Å². The molecular weight excluding hydrogens is 531 g/mol. The molecule has 0 aliphatic carbocycles. The minimum atomic E-state index is -5.08. The standard InChI is InChI=1S/C16H13F3N4.2C2HF3O2/c17-10-5-12(19)11(18)3-8(10)9-4-16-22-14-6-21-2-1-15(14)23(16)7-13(9)20;2*3-2(4,5)1(6)7/h1-3,5-6,9,13H,4,7,20H2;2*(H,6,7)/t9-,13+;;/m1../s1. The van der Waals surface area contributed by atoms with Gasteiger partial charge in [0.2, 0.25) is 0 Å². The topological polar surface area (TPSA) is 131 Å². The zero-order valence-corrected chi connectivity index (χ0v) is 18.0. The molecule has 0 saturated carbocycles. The Bertz CT molecular complexity index is 1270. The Balaban J connectivity index is 0.000000286. The number of rotatable bonds is 1. The summed E-state index contributed by atoms with van der Waals surface area (Å²) < 4.78 is 106. The number of nitrogens with zero attached hydrogens (tertiary/aromatic N) is 3. The van der Waals surface area contributed by atoms with Gasteiger partial charge in [0.25, 0.3) is 0 Å². The number of carbonyl (C=O) groups is 2. The first-order valence-electron chi connectivity index (χ1n) is 9.72. The van der Waals surface area contributed by atoms with Crippen molar-refractivity contribution in [2.24, 2.45) is 5.73 Å². The van der Waals surface area contributed by atoms with Gasteiger partial charge >= 0.3 is 24.3 Å². The van der Waals surface area contributed by atoms with Gasteiger partial charge in [-0.15, -0.1) is 0 Å². The highest BCUT2D eigenvalue weighted by Crippen LogP contribution is 2.33. The first-order chi connectivity index (χ1) is 16.9. The highest BCUT2D eigenvalue weighted by atomic mass is 19.4. The molecule has 0 bridgehead atoms. The van der Waals surface area contributed by atoms with Crippen LogP contribution in [0, 0.1) is 17.5 Å². The van der Waals surface area contributed by atoms with Gasteiger partial charge in [-0.2, -0.15) is 26.3 Å². The predicted octanol–water partition coefficient (Wildman–Crippen LogP) is 3.78. The molecule has 4 rings (SSSR count). The van der Waals surface area contributed by atoms with Crippen LogP contribution in [0.25, 0.3) is 11.0 Å². The first-order valence-corrected chi connectivity index (χ1v) is 9.72. The van der Waals surface area contributed by atoms with Crippen molar-refractivity contribution in [1.82, 2.24) is 14.5 Å². The monoisotopic (exact) mass is 546 g/mol. The van der Waals surface area contributed by atoms with E-state index in [9.17, 15) is 39.5 Å². The molecule has 0 saturated heterocycles. The van der Waals surface area contributed by atoms with Crippen molar-refractivity contribution in [1.29, 1.82) is 0 Å². The Morgan fingerprint density at radius 3 is 1.97 bits per heavy atom. The van der Waals surface area contributed by atoms with Gasteiger partial charge < -0.3 is 20.5 Å². The third kappa shape index (κ3) is 7.31. The zero-order chi connectivity index (χ0) is 28.3. The van der Waals surface area contributed by atoms with E-state index in [1.807, 2.05) is 10.6 Å². The fourth-order valence-electron chi connectivity index (χ4n) is 3.24. The fraction of sp³-hybridized carbons (Fsp3) is 0.300. The van der Waals surface area contributed by atoms with Gasteiger partial charge in [-0.1, -0.05) is 0 Å². The van der Waals surface area contributed by atoms with Crippen LogP contribution in [0.3, 0.4) is 0 Å². The molecule has 0 spiro atoms. The Morgan fingerprint density at radius 1 is 0.946 bits per heavy atom. The van der Waals surface area contributed by atoms with E-state index in [1.54, 1.807) is 12.4 Å². The van der Waals surface area contributed by atoms with Crippen molar-refractivity contribution in [3.05, 3.63) is 59.4 Å². The number of aromatic nitrogens is 3. The van der Waals surface area contributed by atoms with E-state index in [4.69, 9.17) is 25.5 Å². The largest absolute Gasteiger partial charge is 0.490 e. The lowest BCUT2D eigenvalue weighted by molar-refractivity contribution is -0.193. The highest BCUT2D eigenvalue weighted by Gasteiger charge is 2.39. The summed E-state index contributed by atoms with van der Waals surface area (Å²) in [5.74, 6) is -8.28. The normalized spacial score (nSPS) is 17.1. The molecular formula is C20H15F9N4O4. The summed E-state index contributed by atoms with van der Waals surface area (Å²) in [5.41, 5.74) is 7.93. The highest BCUT2D eigenvalue weighted by molar-refractivity contribution is 5.75. The molecule has 3 aromatic rings. The molecule has 8 nitrogen and oxygen atoms in total. The average Bonchev–Trinajstić information content (AvgIpc) is 3.13. The van der Waals surface area contributed by atoms with Crippen LogP contribution in [0.1, 0.15) is 17.3 Å². The van der Waals surface area contributed by atoms with Gasteiger partial charge in [0.1, 0.15) is 17.2 Å². The van der Waals surface area contributed by atoms with Crippen molar-refractivity contribution in [2.75, 3.05) is 0 Å². The Hall–Kier alpha value is -3.89. The molecule has 0 amide bonds. The first kappa shape index (κ1) is 29.3. The molecule has 0 fully saturated rings. The number of carboxylic acid groups (broad SMARTS) is 2. The number of imidazole rings is 1. The molecule has 2 atom stereocenters. The quantitative estimate of drug-likeness (QED) is 0.313. The number of aliphatic carboxylic acids is 2. The van der Waals surface area contributed by atoms with E-state index >= 15 is 0 Å². The van der Waals surface area contributed by atoms with Gasteiger partial charge in [-0.3, -0.25) is 4.98 Å². The van der Waals surface area contributed by atoms with E-state index in [1.165, 1.54) is 0 Å². The Labute approximate surface area is 200 Å². The number of benzene rings is 1. The number of fused-ring (bicyclic) bond motifs is 3. The Kier molecular flexibility index (Phi) is 8.74. The van der Waals surface area contributed by atoms with Crippen LogP contribution < -0.4 is 5.73 Å². The van der Waals surface area contributed by atoms with Crippen molar-refractivity contribution < 1.29 is 59.3 Å². The minimum absolute atomic E-state index is 0.0906. The van der Waals surface area contributed by atoms with Crippen LogP contribution in [0.2, 0.25) is 0 Å². The van der Waals surface area contributed by atoms with Crippen LogP contribution in [0.15, 0.2) is 30.6 Å². The van der Waals surface area contributed by atoms with E-state index in [0.717, 1.165) is 22.9 Å². The van der Waals surface area contributed by atoms with Crippen molar-refractivity contribution in [3.63, 3.8) is 0 Å². The third-order valence-corrected chi connectivity index (χ3v) is 4.87. The van der Waals surface area contributed by atoms with Gasteiger partial charge in [0.15, 0.2) is 11.6 Å². The van der Waals surface area contributed by atoms with Gasteiger partial charge in [0, 0.05) is 37.2 Å². The lowest BCUT2D eigenvalue weighted by atomic mass is 9.86. The number of halogens is 9. The molecule has 1 aliphatic rings. The number of nitrogens with two attached hydrogens (primary N) is 1. The summed E-state index contributed by atoms with van der Waals surface area (Å²) in [6, 6.07) is 2.89. The summed E-state index contributed by atoms with van der Waals surface area (Å²) in [6.45, 7) is 0.430. The fourth-order valence-corrected chi connectivity index (χ4v) is 3.24. The van der Waals surface area contributed by atoms with Crippen molar-refractivity contribution in [3.8, 4) is 0 Å². The number of pyridine rings is 1. The predicted molar refractivity (Wildman–Crippen MR) is 106 cm³/mol. The maximum atomic E-state index is 14.1. The van der Waals surface area contributed by atoms with E-state index < -0.39 is 53.7 Å². The molecule has 1 aliphatic heterocycles. The lowest BCUT2D eigenvalue weighted by Gasteiger charge is -2.30. The summed E-state index contributed by atoms with van der Waals surface area (Å²) in [4.78, 5) is 26.3. The lowest BCUT2D eigenvalue weighted by Crippen LogP contribution is -2.39. The molecule has 202 valence electrons. The number of carboxylic acids is 2. The number of hydrogen-bond acceptors (Lipinski definition) is 5. The summed E-state index contributed by atoms with van der Waals surface area (Å²) in [7, 11) is 0. The molecule has 3 heterocycles. The molecule has 0 unspecified atom stereocenters. The smallest absolute Gasteiger partial charge is 0.475 e. The number of hydrogen-bond donors (Lipinski definition) is 3. The average molecular weight is 546 g/mol.